The van der Waals surface area contributed by atoms with Gasteiger partial charge in [-0.1, -0.05) is 19.3 Å². The maximum Gasteiger partial charge on any atom is 0.122 e. The molecule has 1 aromatic rings. The van der Waals surface area contributed by atoms with Crippen LogP contribution in [0.25, 0.3) is 0 Å². The van der Waals surface area contributed by atoms with Crippen LogP contribution in [0.3, 0.4) is 0 Å². The number of furan rings is 1. The number of rotatable bonds is 3. The molecule has 0 aromatic carbocycles. The number of nitrogens with one attached hydrogen (secondary N) is 1. The fraction of sp³-hybridized carbons (Fsp3) is 0.733. The summed E-state index contributed by atoms with van der Waals surface area (Å²) in [5.41, 5.74) is 3.06. The lowest BCUT2D eigenvalue weighted by Crippen LogP contribution is -2.45. The Hall–Kier alpha value is -0.840. The van der Waals surface area contributed by atoms with E-state index < -0.39 is 0 Å². The van der Waals surface area contributed by atoms with Gasteiger partial charge in [0.05, 0.1) is 17.9 Å². The summed E-state index contributed by atoms with van der Waals surface area (Å²) in [7, 11) is 0. The van der Waals surface area contributed by atoms with Crippen molar-refractivity contribution in [2.24, 2.45) is 11.8 Å². The molecule has 4 heteroatoms. The molecule has 1 aliphatic carbocycles. The largest absolute Gasteiger partial charge is 0.468 e. The number of hydrogen-bond acceptors (Lipinski definition) is 4. The molecule has 19 heavy (non-hydrogen) atoms. The van der Waals surface area contributed by atoms with Gasteiger partial charge >= 0.3 is 0 Å². The Morgan fingerprint density at radius 1 is 1.32 bits per heavy atom. The SMILES string of the molecule is NNC(c1ccco1)C1CCOC2(CCCCC2)C1. The van der Waals surface area contributed by atoms with Gasteiger partial charge in [0.25, 0.3) is 0 Å². The number of nitrogens with two attached hydrogens (primary N) is 1. The topological polar surface area (TPSA) is 60.4 Å². The van der Waals surface area contributed by atoms with Crippen LogP contribution in [0.2, 0.25) is 0 Å². The van der Waals surface area contributed by atoms with E-state index in [2.05, 4.69) is 5.43 Å². The third kappa shape index (κ3) is 2.71. The van der Waals surface area contributed by atoms with Gasteiger partial charge in [0.15, 0.2) is 0 Å². The molecule has 0 amide bonds. The summed E-state index contributed by atoms with van der Waals surface area (Å²) in [6.07, 6.45) is 10.2. The Bertz CT molecular complexity index is 379. The van der Waals surface area contributed by atoms with Crippen LogP contribution in [0.1, 0.15) is 56.7 Å². The summed E-state index contributed by atoms with van der Waals surface area (Å²) < 4.78 is 11.7. The predicted octanol–water partition coefficient (Wildman–Crippen LogP) is 2.91. The van der Waals surface area contributed by atoms with Crippen LogP contribution < -0.4 is 11.3 Å². The molecule has 0 bridgehead atoms. The zero-order chi connectivity index (χ0) is 13.1. The molecular weight excluding hydrogens is 240 g/mol. The molecule has 1 saturated carbocycles. The van der Waals surface area contributed by atoms with Crippen molar-refractivity contribution in [1.29, 1.82) is 0 Å². The monoisotopic (exact) mass is 264 g/mol. The van der Waals surface area contributed by atoms with E-state index in [1.807, 2.05) is 12.1 Å². The normalized spacial score (nSPS) is 28.4. The zero-order valence-electron chi connectivity index (χ0n) is 11.4. The molecule has 2 unspecified atom stereocenters. The summed E-state index contributed by atoms with van der Waals surface area (Å²) >= 11 is 0. The lowest BCUT2D eigenvalue weighted by atomic mass is 9.74. The number of hydrazine groups is 1. The molecule has 1 spiro atoms. The van der Waals surface area contributed by atoms with E-state index in [-0.39, 0.29) is 11.6 Å². The Kier molecular flexibility index (Phi) is 3.91. The van der Waals surface area contributed by atoms with Crippen molar-refractivity contribution in [1.82, 2.24) is 5.43 Å². The first-order valence-electron chi connectivity index (χ1n) is 7.46. The molecule has 2 fully saturated rings. The Morgan fingerprint density at radius 2 is 2.16 bits per heavy atom. The van der Waals surface area contributed by atoms with E-state index >= 15 is 0 Å². The summed E-state index contributed by atoms with van der Waals surface area (Å²) in [6, 6.07) is 4.04. The summed E-state index contributed by atoms with van der Waals surface area (Å²) in [5.74, 6) is 7.21. The number of ether oxygens (including phenoxy) is 1. The fourth-order valence-corrected chi connectivity index (χ4v) is 3.81. The molecule has 2 atom stereocenters. The van der Waals surface area contributed by atoms with Crippen LogP contribution in [-0.4, -0.2) is 12.2 Å². The molecule has 1 aliphatic heterocycles. The molecule has 0 radical (unpaired) electrons. The van der Waals surface area contributed by atoms with Crippen molar-refractivity contribution in [2.45, 2.75) is 56.6 Å². The third-order valence-electron chi connectivity index (χ3n) is 4.80. The van der Waals surface area contributed by atoms with E-state index in [1.165, 1.54) is 32.1 Å². The maximum absolute atomic E-state index is 6.15. The number of hydrogen-bond donors (Lipinski definition) is 2. The van der Waals surface area contributed by atoms with Gasteiger partial charge in [-0.3, -0.25) is 5.84 Å². The van der Waals surface area contributed by atoms with E-state index in [0.717, 1.165) is 25.2 Å². The van der Waals surface area contributed by atoms with Crippen molar-refractivity contribution >= 4 is 0 Å². The van der Waals surface area contributed by atoms with E-state index in [4.69, 9.17) is 15.0 Å². The van der Waals surface area contributed by atoms with Crippen LogP contribution in [0.5, 0.6) is 0 Å². The van der Waals surface area contributed by atoms with Gasteiger partial charge in [0.2, 0.25) is 0 Å². The Morgan fingerprint density at radius 3 is 2.84 bits per heavy atom. The van der Waals surface area contributed by atoms with Crippen LogP contribution in [0.15, 0.2) is 22.8 Å². The van der Waals surface area contributed by atoms with Gasteiger partial charge in [-0.25, -0.2) is 5.43 Å². The molecule has 106 valence electrons. The highest BCUT2D eigenvalue weighted by Crippen LogP contribution is 2.44. The Labute approximate surface area is 114 Å². The summed E-state index contributed by atoms with van der Waals surface area (Å²) in [4.78, 5) is 0. The van der Waals surface area contributed by atoms with E-state index in [9.17, 15) is 0 Å². The van der Waals surface area contributed by atoms with Crippen molar-refractivity contribution in [3.05, 3.63) is 24.2 Å². The average molecular weight is 264 g/mol. The first-order valence-corrected chi connectivity index (χ1v) is 7.46. The highest BCUT2D eigenvalue weighted by Gasteiger charge is 2.41. The molecular formula is C15H24N2O2. The minimum Gasteiger partial charge on any atom is -0.468 e. The first kappa shape index (κ1) is 13.2. The van der Waals surface area contributed by atoms with E-state index in [1.54, 1.807) is 6.26 Å². The molecule has 4 nitrogen and oxygen atoms in total. The maximum atomic E-state index is 6.15. The fourth-order valence-electron chi connectivity index (χ4n) is 3.81. The van der Waals surface area contributed by atoms with Gasteiger partial charge in [-0.05, 0) is 43.7 Å². The third-order valence-corrected chi connectivity index (χ3v) is 4.80. The van der Waals surface area contributed by atoms with Crippen molar-refractivity contribution < 1.29 is 9.15 Å². The second-order valence-corrected chi connectivity index (χ2v) is 6.00. The van der Waals surface area contributed by atoms with Crippen LogP contribution in [0, 0.1) is 5.92 Å². The minimum atomic E-state index is 0.109. The molecule has 1 saturated heterocycles. The lowest BCUT2D eigenvalue weighted by Gasteiger charge is -2.45. The standard InChI is InChI=1S/C15H24N2O2/c16-17-14(13-5-4-9-18-13)12-6-10-19-15(11-12)7-2-1-3-8-15/h4-5,9,12,14,17H,1-3,6-8,10-11,16H2. The van der Waals surface area contributed by atoms with Crippen molar-refractivity contribution in [2.75, 3.05) is 6.61 Å². The highest BCUT2D eigenvalue weighted by molar-refractivity contribution is 5.07. The van der Waals surface area contributed by atoms with Gasteiger partial charge in [-0.2, -0.15) is 0 Å². The van der Waals surface area contributed by atoms with Gasteiger partial charge in [-0.15, -0.1) is 0 Å². The lowest BCUT2D eigenvalue weighted by molar-refractivity contribution is -0.122. The van der Waals surface area contributed by atoms with Gasteiger partial charge < -0.3 is 9.15 Å². The minimum absolute atomic E-state index is 0.109. The van der Waals surface area contributed by atoms with E-state index in [0.29, 0.717) is 5.92 Å². The Balaban J connectivity index is 1.73. The second-order valence-electron chi connectivity index (χ2n) is 6.00. The quantitative estimate of drug-likeness (QED) is 0.651. The van der Waals surface area contributed by atoms with Crippen molar-refractivity contribution in [3.63, 3.8) is 0 Å². The molecule has 1 aromatic heterocycles. The molecule has 2 heterocycles. The van der Waals surface area contributed by atoms with Gasteiger partial charge in [0, 0.05) is 6.61 Å². The van der Waals surface area contributed by atoms with Crippen LogP contribution in [0.4, 0.5) is 0 Å². The molecule has 3 N–H and O–H groups in total. The van der Waals surface area contributed by atoms with Crippen LogP contribution >= 0.6 is 0 Å². The predicted molar refractivity (Wildman–Crippen MR) is 73.3 cm³/mol. The summed E-state index contributed by atoms with van der Waals surface area (Å²) in [6.45, 7) is 0.851. The first-order chi connectivity index (χ1) is 9.33. The summed E-state index contributed by atoms with van der Waals surface area (Å²) in [5, 5.41) is 0. The second kappa shape index (κ2) is 5.65. The molecule has 2 aliphatic rings. The van der Waals surface area contributed by atoms with Crippen molar-refractivity contribution in [3.8, 4) is 0 Å². The van der Waals surface area contributed by atoms with Gasteiger partial charge in [0.1, 0.15) is 5.76 Å². The smallest absolute Gasteiger partial charge is 0.122 e. The average Bonchev–Trinajstić information content (AvgIpc) is 2.95. The van der Waals surface area contributed by atoms with Crippen LogP contribution in [-0.2, 0) is 4.74 Å². The molecule has 3 rings (SSSR count). The zero-order valence-corrected chi connectivity index (χ0v) is 11.4. The highest BCUT2D eigenvalue weighted by atomic mass is 16.5.